The molecule has 0 aliphatic heterocycles. The summed E-state index contributed by atoms with van der Waals surface area (Å²) in [6.45, 7) is 0.288. The van der Waals surface area contributed by atoms with Crippen molar-refractivity contribution in [2.24, 2.45) is 0 Å². The van der Waals surface area contributed by atoms with Gasteiger partial charge < -0.3 is 10.4 Å². The number of carboxylic acid groups (broad SMARTS) is 1. The van der Waals surface area contributed by atoms with Gasteiger partial charge in [0.1, 0.15) is 5.82 Å². The van der Waals surface area contributed by atoms with Gasteiger partial charge in [-0.25, -0.2) is 4.39 Å². The van der Waals surface area contributed by atoms with Crippen LogP contribution in [-0.2, 0) is 11.3 Å². The molecule has 0 spiro atoms. The van der Waals surface area contributed by atoms with Gasteiger partial charge in [0.2, 0.25) is 0 Å². The maximum atomic E-state index is 13.2. The fraction of sp³-hybridized carbons (Fsp3) is 0.364. The average molecular weight is 246 g/mol. The van der Waals surface area contributed by atoms with E-state index in [0.717, 1.165) is 0 Å². The van der Waals surface area contributed by atoms with Crippen LogP contribution in [0.5, 0.6) is 0 Å². The van der Waals surface area contributed by atoms with Crippen LogP contribution in [0.3, 0.4) is 0 Å². The van der Waals surface area contributed by atoms with Gasteiger partial charge in [0.05, 0.1) is 0 Å². The number of hydrogen-bond donors (Lipinski definition) is 2. The molecule has 0 amide bonds. The Labute approximate surface area is 98.2 Å². The van der Waals surface area contributed by atoms with Gasteiger partial charge in [0.15, 0.2) is 0 Å². The van der Waals surface area contributed by atoms with Crippen molar-refractivity contribution in [3.05, 3.63) is 34.6 Å². The number of hydrogen-bond acceptors (Lipinski definition) is 2. The van der Waals surface area contributed by atoms with Gasteiger partial charge in [-0.1, -0.05) is 17.7 Å². The molecule has 0 atom stereocenters. The summed E-state index contributed by atoms with van der Waals surface area (Å²) in [4.78, 5) is 8.36. The summed E-state index contributed by atoms with van der Waals surface area (Å²) in [5, 5.41) is 10.6. The van der Waals surface area contributed by atoms with Crippen LogP contribution in [0, 0.1) is 5.82 Å². The Morgan fingerprint density at radius 1 is 1.56 bits per heavy atom. The highest BCUT2D eigenvalue weighted by atomic mass is 35.5. The molecule has 0 bridgehead atoms. The molecule has 3 nitrogen and oxygen atoms in total. The summed E-state index contributed by atoms with van der Waals surface area (Å²) in [7, 11) is 0. The number of rotatable bonds is 3. The lowest BCUT2D eigenvalue weighted by Crippen LogP contribution is -2.16. The first kappa shape index (κ1) is 12.9. The van der Waals surface area contributed by atoms with Crippen molar-refractivity contribution in [1.29, 1.82) is 0 Å². The number of benzene rings is 1. The minimum absolute atomic E-state index is 0.222. The summed E-state index contributed by atoms with van der Waals surface area (Å²) in [6, 6.07) is 5.36. The molecule has 1 aliphatic carbocycles. The second kappa shape index (κ2) is 6.45. The van der Waals surface area contributed by atoms with Crippen molar-refractivity contribution in [3.63, 3.8) is 0 Å². The Morgan fingerprint density at radius 3 is 2.69 bits per heavy atom. The van der Waals surface area contributed by atoms with E-state index in [0.29, 0.717) is 23.2 Å². The first-order valence-electron chi connectivity index (χ1n) is 4.93. The quantitative estimate of drug-likeness (QED) is 0.805. The second-order valence-corrected chi connectivity index (χ2v) is 3.87. The van der Waals surface area contributed by atoms with E-state index in [9.17, 15) is 4.39 Å². The molecule has 1 aromatic carbocycles. The Hall–Kier alpha value is -1.13. The van der Waals surface area contributed by atoms with Crippen molar-refractivity contribution in [2.75, 3.05) is 0 Å². The van der Waals surface area contributed by atoms with E-state index in [1.54, 1.807) is 12.1 Å². The molecular formula is C11H13ClFNO2. The summed E-state index contributed by atoms with van der Waals surface area (Å²) < 4.78 is 13.2. The maximum Gasteiger partial charge on any atom is 0.290 e. The van der Waals surface area contributed by atoms with Crippen molar-refractivity contribution in [1.82, 2.24) is 5.32 Å². The zero-order valence-electron chi connectivity index (χ0n) is 8.62. The molecule has 2 N–H and O–H groups in total. The number of nitrogens with one attached hydrogen (secondary N) is 1. The molecule has 16 heavy (non-hydrogen) atoms. The van der Waals surface area contributed by atoms with Gasteiger partial charge in [-0.15, -0.1) is 0 Å². The molecule has 0 heterocycles. The molecule has 0 radical (unpaired) electrons. The van der Waals surface area contributed by atoms with Gasteiger partial charge in [0.25, 0.3) is 6.47 Å². The van der Waals surface area contributed by atoms with Crippen LogP contribution in [0.15, 0.2) is 18.2 Å². The molecule has 1 saturated carbocycles. The number of carbonyl (C=O) groups is 1. The first-order valence-corrected chi connectivity index (χ1v) is 5.31. The Kier molecular flexibility index (Phi) is 5.22. The van der Waals surface area contributed by atoms with Crippen molar-refractivity contribution < 1.29 is 14.3 Å². The summed E-state index contributed by atoms with van der Waals surface area (Å²) >= 11 is 5.85. The van der Waals surface area contributed by atoms with E-state index in [1.807, 2.05) is 0 Å². The van der Waals surface area contributed by atoms with E-state index in [-0.39, 0.29) is 12.3 Å². The molecule has 5 heteroatoms. The summed E-state index contributed by atoms with van der Waals surface area (Å²) in [5.41, 5.74) is 0.580. The van der Waals surface area contributed by atoms with Crippen molar-refractivity contribution in [2.45, 2.75) is 25.4 Å². The third-order valence-corrected chi connectivity index (χ3v) is 2.56. The van der Waals surface area contributed by atoms with Gasteiger partial charge in [-0.2, -0.15) is 0 Å². The van der Waals surface area contributed by atoms with E-state index < -0.39 is 0 Å². The van der Waals surface area contributed by atoms with E-state index in [1.165, 1.54) is 18.9 Å². The maximum absolute atomic E-state index is 13.2. The van der Waals surface area contributed by atoms with Gasteiger partial charge >= 0.3 is 0 Å². The van der Waals surface area contributed by atoms with Crippen LogP contribution in [-0.4, -0.2) is 17.6 Å². The molecular weight excluding hydrogens is 233 g/mol. The highest BCUT2D eigenvalue weighted by molar-refractivity contribution is 6.31. The zero-order valence-corrected chi connectivity index (χ0v) is 9.38. The van der Waals surface area contributed by atoms with Crippen LogP contribution in [0.2, 0.25) is 5.02 Å². The molecule has 2 rings (SSSR count). The van der Waals surface area contributed by atoms with Crippen LogP contribution >= 0.6 is 11.6 Å². The lowest BCUT2D eigenvalue weighted by atomic mass is 10.2. The van der Waals surface area contributed by atoms with Crippen LogP contribution in [0.1, 0.15) is 18.4 Å². The third-order valence-electron chi connectivity index (χ3n) is 2.21. The Balaban J connectivity index is 0.000000386. The molecule has 0 unspecified atom stereocenters. The van der Waals surface area contributed by atoms with E-state index in [4.69, 9.17) is 21.5 Å². The first-order chi connectivity index (χ1) is 7.69. The monoisotopic (exact) mass is 245 g/mol. The lowest BCUT2D eigenvalue weighted by molar-refractivity contribution is -0.122. The molecule has 1 aliphatic rings. The fourth-order valence-electron chi connectivity index (χ4n) is 1.24. The number of halogens is 2. The second-order valence-electron chi connectivity index (χ2n) is 3.46. The topological polar surface area (TPSA) is 49.3 Å². The smallest absolute Gasteiger partial charge is 0.290 e. The van der Waals surface area contributed by atoms with E-state index in [2.05, 4.69) is 5.32 Å². The van der Waals surface area contributed by atoms with Gasteiger partial charge in [-0.3, -0.25) is 4.79 Å². The van der Waals surface area contributed by atoms with Crippen LogP contribution in [0.25, 0.3) is 0 Å². The predicted octanol–water partition coefficient (Wildman–Crippen LogP) is 2.43. The SMILES string of the molecule is Fc1cccc(Cl)c1CNC1CC1.O=CO. The minimum Gasteiger partial charge on any atom is -0.483 e. The molecule has 1 fully saturated rings. The third kappa shape index (κ3) is 4.16. The zero-order chi connectivity index (χ0) is 12.0. The molecule has 1 aromatic rings. The van der Waals surface area contributed by atoms with E-state index >= 15 is 0 Å². The summed E-state index contributed by atoms with van der Waals surface area (Å²) in [5.74, 6) is -0.222. The highest BCUT2D eigenvalue weighted by Crippen LogP contribution is 2.22. The largest absolute Gasteiger partial charge is 0.483 e. The average Bonchev–Trinajstić information content (AvgIpc) is 3.02. The standard InChI is InChI=1S/C10H11ClFN.CH2O2/c11-9-2-1-3-10(12)8(9)6-13-7-4-5-7;2-1-3/h1-3,7,13H,4-6H2;1H,(H,2,3). The molecule has 0 saturated heterocycles. The molecule has 88 valence electrons. The lowest BCUT2D eigenvalue weighted by Gasteiger charge is -2.06. The minimum atomic E-state index is -0.250. The highest BCUT2D eigenvalue weighted by Gasteiger charge is 2.21. The summed E-state index contributed by atoms with van der Waals surface area (Å²) in [6.07, 6.45) is 2.40. The fourth-order valence-corrected chi connectivity index (χ4v) is 1.46. The Morgan fingerprint density at radius 2 is 2.19 bits per heavy atom. The predicted molar refractivity (Wildman–Crippen MR) is 60.0 cm³/mol. The van der Waals surface area contributed by atoms with Crippen molar-refractivity contribution >= 4 is 18.1 Å². The normalized spacial score (nSPS) is 13.9. The van der Waals surface area contributed by atoms with Gasteiger partial charge in [-0.05, 0) is 25.0 Å². The Bertz CT molecular complexity index is 336. The van der Waals surface area contributed by atoms with Gasteiger partial charge in [0, 0.05) is 23.2 Å². The van der Waals surface area contributed by atoms with Crippen LogP contribution in [0.4, 0.5) is 4.39 Å². The van der Waals surface area contributed by atoms with Crippen molar-refractivity contribution in [3.8, 4) is 0 Å². The van der Waals surface area contributed by atoms with Crippen LogP contribution < -0.4 is 5.32 Å². The molecule has 0 aromatic heterocycles.